The van der Waals surface area contributed by atoms with Gasteiger partial charge in [0.25, 0.3) is 5.91 Å². The second kappa shape index (κ2) is 7.24. The van der Waals surface area contributed by atoms with Crippen molar-refractivity contribution in [3.05, 3.63) is 17.5 Å². The number of amides is 1. The summed E-state index contributed by atoms with van der Waals surface area (Å²) in [5.41, 5.74) is 0.747. The lowest BCUT2D eigenvalue weighted by Gasteiger charge is -2.29. The first-order valence-corrected chi connectivity index (χ1v) is 8.01. The van der Waals surface area contributed by atoms with Gasteiger partial charge >= 0.3 is 0 Å². The van der Waals surface area contributed by atoms with Crippen LogP contribution in [0.3, 0.4) is 0 Å². The zero-order valence-electron chi connectivity index (χ0n) is 13.5. The lowest BCUT2D eigenvalue weighted by molar-refractivity contribution is 0.0363. The molecule has 1 fully saturated rings. The number of H-pyrrole nitrogens is 1. The number of nitrogens with one attached hydrogen (secondary N) is 1. The molecule has 124 valence electrons. The van der Waals surface area contributed by atoms with E-state index in [1.807, 2.05) is 6.07 Å². The number of carbonyl (C=O) groups excluding carboxylic acids is 1. The first-order chi connectivity index (χ1) is 10.5. The molecule has 0 radical (unpaired) electrons. The van der Waals surface area contributed by atoms with Crippen LogP contribution in [0.15, 0.2) is 6.07 Å². The Morgan fingerprint density at radius 2 is 2.00 bits per heavy atom. The molecule has 6 heteroatoms. The third-order valence-corrected chi connectivity index (χ3v) is 4.59. The smallest absolute Gasteiger partial charge is 0.274 e. The van der Waals surface area contributed by atoms with Gasteiger partial charge in [0, 0.05) is 30.6 Å². The van der Waals surface area contributed by atoms with Crippen LogP contribution in [-0.4, -0.2) is 58.0 Å². The summed E-state index contributed by atoms with van der Waals surface area (Å²) in [7, 11) is 1.67. The Morgan fingerprint density at radius 3 is 2.59 bits per heavy atom. The number of carbonyl (C=O) groups is 1. The number of hydrogen-bond acceptors (Lipinski definition) is 4. The van der Waals surface area contributed by atoms with Crippen molar-refractivity contribution < 1.29 is 15.0 Å². The highest BCUT2D eigenvalue weighted by Gasteiger charge is 2.28. The highest BCUT2D eigenvalue weighted by Crippen LogP contribution is 2.31. The fraction of sp³-hybridized carbons (Fsp3) is 0.750. The second-order valence-electron chi connectivity index (χ2n) is 6.83. The van der Waals surface area contributed by atoms with Crippen LogP contribution in [0, 0.1) is 5.41 Å². The van der Waals surface area contributed by atoms with Crippen LogP contribution in [0.1, 0.15) is 61.1 Å². The van der Waals surface area contributed by atoms with Gasteiger partial charge in [-0.05, 0) is 18.9 Å². The third-order valence-electron chi connectivity index (χ3n) is 4.59. The Morgan fingerprint density at radius 1 is 1.36 bits per heavy atom. The van der Waals surface area contributed by atoms with Gasteiger partial charge in [0.1, 0.15) is 5.69 Å². The van der Waals surface area contributed by atoms with Gasteiger partial charge in [-0.3, -0.25) is 9.89 Å². The first kappa shape index (κ1) is 17.0. The van der Waals surface area contributed by atoms with E-state index in [0.717, 1.165) is 18.5 Å². The van der Waals surface area contributed by atoms with Gasteiger partial charge in [-0.25, -0.2) is 0 Å². The average Bonchev–Trinajstić information content (AvgIpc) is 3.04. The molecule has 1 heterocycles. The molecule has 6 nitrogen and oxygen atoms in total. The van der Waals surface area contributed by atoms with E-state index in [1.54, 1.807) is 14.0 Å². The standard InChI is InChI=1S/C16H27N3O3/c1-16(10-20,11-21)9-19(2)15(22)14-8-13(17-18-14)12-6-4-3-5-7-12/h8,12,20-21H,3-7,9-11H2,1-2H3,(H,17,18). The van der Waals surface area contributed by atoms with Gasteiger partial charge in [0.2, 0.25) is 0 Å². The Hall–Kier alpha value is -1.40. The van der Waals surface area contributed by atoms with Crippen molar-refractivity contribution in [2.24, 2.45) is 5.41 Å². The summed E-state index contributed by atoms with van der Waals surface area (Å²) in [6, 6.07) is 1.85. The second-order valence-corrected chi connectivity index (χ2v) is 6.83. The van der Waals surface area contributed by atoms with E-state index >= 15 is 0 Å². The highest BCUT2D eigenvalue weighted by molar-refractivity contribution is 5.92. The number of aliphatic hydroxyl groups is 2. The van der Waals surface area contributed by atoms with Crippen LogP contribution < -0.4 is 0 Å². The maximum Gasteiger partial charge on any atom is 0.274 e. The van der Waals surface area contributed by atoms with E-state index < -0.39 is 5.41 Å². The quantitative estimate of drug-likeness (QED) is 0.743. The van der Waals surface area contributed by atoms with Gasteiger partial charge < -0.3 is 15.1 Å². The average molecular weight is 309 g/mol. The van der Waals surface area contributed by atoms with Crippen molar-refractivity contribution in [1.29, 1.82) is 0 Å². The van der Waals surface area contributed by atoms with Crippen molar-refractivity contribution in [3.8, 4) is 0 Å². The van der Waals surface area contributed by atoms with Crippen molar-refractivity contribution in [2.75, 3.05) is 26.8 Å². The van der Waals surface area contributed by atoms with Crippen molar-refractivity contribution in [3.63, 3.8) is 0 Å². The number of rotatable bonds is 6. The van der Waals surface area contributed by atoms with Crippen molar-refractivity contribution in [1.82, 2.24) is 15.1 Å². The van der Waals surface area contributed by atoms with Crippen LogP contribution in [0.4, 0.5) is 0 Å². The summed E-state index contributed by atoms with van der Waals surface area (Å²) in [4.78, 5) is 13.9. The fourth-order valence-electron chi connectivity index (χ4n) is 3.06. The lowest BCUT2D eigenvalue weighted by atomic mass is 9.87. The molecule has 0 unspecified atom stereocenters. The summed E-state index contributed by atoms with van der Waals surface area (Å²) in [5, 5.41) is 25.8. The van der Waals surface area contributed by atoms with Gasteiger partial charge in [0.15, 0.2) is 0 Å². The number of hydrogen-bond donors (Lipinski definition) is 3. The number of aromatic amines is 1. The molecule has 0 spiro atoms. The minimum Gasteiger partial charge on any atom is -0.396 e. The maximum atomic E-state index is 12.4. The van der Waals surface area contributed by atoms with Gasteiger partial charge in [0.05, 0.1) is 13.2 Å². The van der Waals surface area contributed by atoms with Crippen LogP contribution in [-0.2, 0) is 0 Å². The van der Waals surface area contributed by atoms with Gasteiger partial charge in [-0.1, -0.05) is 26.2 Å². The maximum absolute atomic E-state index is 12.4. The molecule has 0 aliphatic heterocycles. The van der Waals surface area contributed by atoms with E-state index in [2.05, 4.69) is 10.2 Å². The number of aliphatic hydroxyl groups excluding tert-OH is 2. The molecule has 0 aromatic carbocycles. The molecule has 1 aliphatic rings. The number of aromatic nitrogens is 2. The van der Waals surface area contributed by atoms with Crippen LogP contribution >= 0.6 is 0 Å². The molecule has 1 aromatic rings. The molecular formula is C16H27N3O3. The minimum absolute atomic E-state index is 0.172. The molecule has 0 atom stereocenters. The zero-order valence-corrected chi connectivity index (χ0v) is 13.5. The van der Waals surface area contributed by atoms with Crippen LogP contribution in [0.2, 0.25) is 0 Å². The largest absolute Gasteiger partial charge is 0.396 e. The Bertz CT molecular complexity index is 491. The summed E-state index contributed by atoms with van der Waals surface area (Å²) >= 11 is 0. The molecule has 1 saturated carbocycles. The molecule has 0 bridgehead atoms. The molecule has 2 rings (SSSR count). The lowest BCUT2D eigenvalue weighted by Crippen LogP contribution is -2.41. The van der Waals surface area contributed by atoms with Crippen molar-refractivity contribution in [2.45, 2.75) is 44.9 Å². The predicted molar refractivity (Wildman–Crippen MR) is 83.7 cm³/mol. The normalized spacial score (nSPS) is 16.7. The summed E-state index contributed by atoms with van der Waals surface area (Å²) in [5.74, 6) is 0.291. The Balaban J connectivity index is 2.01. The van der Waals surface area contributed by atoms with Gasteiger partial charge in [-0.2, -0.15) is 5.10 Å². The third kappa shape index (κ3) is 3.87. The van der Waals surface area contributed by atoms with E-state index in [4.69, 9.17) is 0 Å². The molecule has 0 saturated heterocycles. The zero-order chi connectivity index (χ0) is 16.2. The molecule has 1 aliphatic carbocycles. The molecule has 1 aromatic heterocycles. The molecule has 1 amide bonds. The predicted octanol–water partition coefficient (Wildman–Crippen LogP) is 1.52. The Labute approximate surface area is 131 Å². The first-order valence-electron chi connectivity index (χ1n) is 8.01. The van der Waals surface area contributed by atoms with E-state index in [0.29, 0.717) is 11.6 Å². The summed E-state index contributed by atoms with van der Waals surface area (Å²) in [6.07, 6.45) is 6.06. The minimum atomic E-state index is -0.701. The summed E-state index contributed by atoms with van der Waals surface area (Å²) in [6.45, 7) is 1.68. The van der Waals surface area contributed by atoms with Crippen LogP contribution in [0.5, 0.6) is 0 Å². The Kier molecular flexibility index (Phi) is 5.58. The van der Waals surface area contributed by atoms with Crippen LogP contribution in [0.25, 0.3) is 0 Å². The SMILES string of the molecule is CN(CC(C)(CO)CO)C(=O)c1cc(C2CCCCC2)[nH]n1. The van der Waals surface area contributed by atoms with Crippen molar-refractivity contribution >= 4 is 5.91 Å². The van der Waals surface area contributed by atoms with E-state index in [1.165, 1.54) is 24.2 Å². The van der Waals surface area contributed by atoms with Gasteiger partial charge in [-0.15, -0.1) is 0 Å². The molecule has 22 heavy (non-hydrogen) atoms. The highest BCUT2D eigenvalue weighted by atomic mass is 16.3. The fourth-order valence-corrected chi connectivity index (χ4v) is 3.06. The van der Waals surface area contributed by atoms with E-state index in [9.17, 15) is 15.0 Å². The monoisotopic (exact) mass is 309 g/mol. The summed E-state index contributed by atoms with van der Waals surface area (Å²) < 4.78 is 0. The number of nitrogens with zero attached hydrogens (tertiary/aromatic N) is 2. The van der Waals surface area contributed by atoms with E-state index in [-0.39, 0.29) is 25.7 Å². The topological polar surface area (TPSA) is 89.5 Å². The molecular weight excluding hydrogens is 282 g/mol. The molecule has 3 N–H and O–H groups in total.